The molecule has 1 aliphatic carbocycles. The summed E-state index contributed by atoms with van der Waals surface area (Å²) in [7, 11) is 1.89. The van der Waals surface area contributed by atoms with Crippen molar-refractivity contribution < 1.29 is 29.6 Å². The van der Waals surface area contributed by atoms with Crippen LogP contribution in [0.1, 0.15) is 25.7 Å². The fourth-order valence-corrected chi connectivity index (χ4v) is 2.42. The molecule has 0 unspecified atom stereocenters. The molecule has 2 rings (SSSR count). The van der Waals surface area contributed by atoms with Gasteiger partial charge in [-0.25, -0.2) is 5.01 Å². The van der Waals surface area contributed by atoms with Gasteiger partial charge in [0.25, 0.3) is 0 Å². The van der Waals surface area contributed by atoms with Crippen LogP contribution in [-0.2, 0) is 4.79 Å². The summed E-state index contributed by atoms with van der Waals surface area (Å²) in [6.07, 6.45) is 7.14. The van der Waals surface area contributed by atoms with Crippen LogP contribution >= 0.6 is 0 Å². The quantitative estimate of drug-likeness (QED) is 0.434. The molecule has 1 aliphatic rings. The number of carbonyl (C=O) groups excluding carboxylic acids is 1. The number of amides is 1. The van der Waals surface area contributed by atoms with Gasteiger partial charge in [-0.05, 0) is 37.8 Å². The first-order valence-corrected chi connectivity index (χ1v) is 6.35. The second-order valence-electron chi connectivity index (χ2n) is 4.90. The Labute approximate surface area is 132 Å². The summed E-state index contributed by atoms with van der Waals surface area (Å²) in [6.45, 7) is 0. The predicted molar refractivity (Wildman–Crippen MR) is 70.6 cm³/mol. The predicted octanol–water partition coefficient (Wildman–Crippen LogP) is -4.61. The lowest BCUT2D eigenvalue weighted by Gasteiger charge is -2.31. The standard InChI is InChI=1S/C13H20N4O.2ClH/c1-17(14)12-4-2-10(3-5-12)13(18)16-11-6-8-15-9-7-11;;/h6-10,12H,2-5,14H2,1H3,(H,15,16,18);2*1H/p-2. The summed E-state index contributed by atoms with van der Waals surface area (Å²) in [6, 6.07) is 4.02. The van der Waals surface area contributed by atoms with E-state index in [-0.39, 0.29) is 36.6 Å². The van der Waals surface area contributed by atoms with Crippen molar-refractivity contribution >= 4 is 11.6 Å². The third-order valence-corrected chi connectivity index (χ3v) is 3.59. The van der Waals surface area contributed by atoms with Crippen molar-refractivity contribution in [3.05, 3.63) is 24.5 Å². The molecule has 1 aromatic heterocycles. The Kier molecular flexibility index (Phi) is 8.73. The van der Waals surface area contributed by atoms with Gasteiger partial charge in [0, 0.05) is 37.1 Å². The van der Waals surface area contributed by atoms with Gasteiger partial charge < -0.3 is 30.1 Å². The minimum absolute atomic E-state index is 0. The molecule has 0 aliphatic heterocycles. The van der Waals surface area contributed by atoms with Crippen molar-refractivity contribution in [2.24, 2.45) is 11.8 Å². The molecule has 5 nitrogen and oxygen atoms in total. The van der Waals surface area contributed by atoms with Crippen molar-refractivity contribution in [1.29, 1.82) is 0 Å². The number of halogens is 2. The van der Waals surface area contributed by atoms with E-state index in [1.54, 1.807) is 29.5 Å². The summed E-state index contributed by atoms with van der Waals surface area (Å²) in [4.78, 5) is 16.0. The topological polar surface area (TPSA) is 71.2 Å². The van der Waals surface area contributed by atoms with Gasteiger partial charge in [-0.2, -0.15) is 0 Å². The average molecular weight is 319 g/mol. The van der Waals surface area contributed by atoms with Crippen molar-refractivity contribution in [2.45, 2.75) is 31.7 Å². The number of carbonyl (C=O) groups is 1. The first kappa shape index (κ1) is 19.1. The smallest absolute Gasteiger partial charge is 0.227 e. The lowest BCUT2D eigenvalue weighted by molar-refractivity contribution is -0.121. The first-order valence-electron chi connectivity index (χ1n) is 6.35. The van der Waals surface area contributed by atoms with Crippen LogP contribution in [0.25, 0.3) is 0 Å². The van der Waals surface area contributed by atoms with Gasteiger partial charge in [0.15, 0.2) is 0 Å². The molecule has 0 saturated heterocycles. The fourth-order valence-electron chi connectivity index (χ4n) is 2.42. The molecule has 0 spiro atoms. The Morgan fingerprint density at radius 1 is 1.25 bits per heavy atom. The van der Waals surface area contributed by atoms with Crippen LogP contribution in [0.15, 0.2) is 24.5 Å². The first-order chi connectivity index (χ1) is 8.66. The number of rotatable bonds is 3. The average Bonchev–Trinajstić information content (AvgIpc) is 2.40. The lowest BCUT2D eigenvalue weighted by Crippen LogP contribution is -3.00. The number of hydrogen-bond donors (Lipinski definition) is 2. The van der Waals surface area contributed by atoms with Crippen LogP contribution in [0.5, 0.6) is 0 Å². The maximum Gasteiger partial charge on any atom is 0.227 e. The zero-order valence-electron chi connectivity index (χ0n) is 11.4. The minimum atomic E-state index is 0. The second-order valence-corrected chi connectivity index (χ2v) is 4.90. The molecule has 1 aromatic rings. The van der Waals surface area contributed by atoms with E-state index in [1.165, 1.54) is 0 Å². The van der Waals surface area contributed by atoms with E-state index in [4.69, 9.17) is 5.84 Å². The molecule has 0 bridgehead atoms. The Balaban J connectivity index is 0.00000180. The van der Waals surface area contributed by atoms with Gasteiger partial charge in [-0.1, -0.05) is 0 Å². The number of pyridine rings is 1. The number of hydrazine groups is 1. The van der Waals surface area contributed by atoms with E-state index < -0.39 is 0 Å². The van der Waals surface area contributed by atoms with Gasteiger partial charge in [0.2, 0.25) is 5.91 Å². The van der Waals surface area contributed by atoms with Gasteiger partial charge in [-0.15, -0.1) is 0 Å². The summed E-state index contributed by atoms with van der Waals surface area (Å²) in [5, 5.41) is 4.69. The highest BCUT2D eigenvalue weighted by atomic mass is 35.5. The highest BCUT2D eigenvalue weighted by molar-refractivity contribution is 5.92. The number of nitrogens with one attached hydrogen (secondary N) is 1. The molecule has 3 N–H and O–H groups in total. The Morgan fingerprint density at radius 3 is 2.30 bits per heavy atom. The summed E-state index contributed by atoms with van der Waals surface area (Å²) >= 11 is 0. The maximum atomic E-state index is 12.1. The number of hydrogen-bond acceptors (Lipinski definition) is 4. The lowest BCUT2D eigenvalue weighted by atomic mass is 9.85. The van der Waals surface area contributed by atoms with Gasteiger partial charge in [-0.3, -0.25) is 15.6 Å². The molecule has 1 fully saturated rings. The van der Waals surface area contributed by atoms with Crippen LogP contribution in [0.4, 0.5) is 5.69 Å². The summed E-state index contributed by atoms with van der Waals surface area (Å²) < 4.78 is 0. The van der Waals surface area contributed by atoms with Crippen molar-refractivity contribution in [2.75, 3.05) is 12.4 Å². The molecular formula is C13H20Cl2N4O-2. The molecule has 0 atom stereocenters. The number of anilines is 1. The Hall–Kier alpha value is -0.880. The van der Waals surface area contributed by atoms with Gasteiger partial charge in [0.1, 0.15) is 0 Å². The molecule has 1 amide bonds. The van der Waals surface area contributed by atoms with Crippen molar-refractivity contribution in [3.63, 3.8) is 0 Å². The van der Waals surface area contributed by atoms with E-state index in [0.29, 0.717) is 6.04 Å². The van der Waals surface area contributed by atoms with E-state index in [9.17, 15) is 4.79 Å². The van der Waals surface area contributed by atoms with Crippen molar-refractivity contribution in [1.82, 2.24) is 9.99 Å². The molecule has 0 aromatic carbocycles. The summed E-state index contributed by atoms with van der Waals surface area (Å²) in [5.41, 5.74) is 0.813. The Morgan fingerprint density at radius 2 is 1.80 bits per heavy atom. The van der Waals surface area contributed by atoms with Crippen LogP contribution in [-0.4, -0.2) is 29.0 Å². The number of nitrogens with zero attached hydrogens (tertiary/aromatic N) is 2. The van der Waals surface area contributed by atoms with E-state index in [2.05, 4.69) is 10.3 Å². The van der Waals surface area contributed by atoms with Gasteiger partial charge >= 0.3 is 0 Å². The number of aromatic nitrogens is 1. The van der Waals surface area contributed by atoms with Crippen LogP contribution in [0, 0.1) is 5.92 Å². The van der Waals surface area contributed by atoms with Crippen LogP contribution in [0.2, 0.25) is 0 Å². The molecule has 0 radical (unpaired) electrons. The highest BCUT2D eigenvalue weighted by Crippen LogP contribution is 2.27. The van der Waals surface area contributed by atoms with Crippen LogP contribution in [0.3, 0.4) is 0 Å². The zero-order chi connectivity index (χ0) is 13.0. The third-order valence-electron chi connectivity index (χ3n) is 3.59. The van der Waals surface area contributed by atoms with Crippen molar-refractivity contribution in [3.8, 4) is 0 Å². The van der Waals surface area contributed by atoms with E-state index in [1.807, 2.05) is 7.05 Å². The molecular weight excluding hydrogens is 299 g/mol. The minimum Gasteiger partial charge on any atom is -1.00 e. The fraction of sp³-hybridized carbons (Fsp3) is 0.538. The van der Waals surface area contributed by atoms with E-state index in [0.717, 1.165) is 31.4 Å². The molecule has 1 saturated carbocycles. The zero-order valence-corrected chi connectivity index (χ0v) is 12.9. The third kappa shape index (κ3) is 5.25. The second kappa shape index (κ2) is 9.13. The normalized spacial score (nSPS) is 21.6. The maximum absolute atomic E-state index is 12.1. The number of nitrogens with two attached hydrogens (primary N) is 1. The largest absolute Gasteiger partial charge is 1.00 e. The van der Waals surface area contributed by atoms with Crippen LogP contribution < -0.4 is 36.0 Å². The van der Waals surface area contributed by atoms with Gasteiger partial charge in [0.05, 0.1) is 0 Å². The Bertz CT molecular complexity index is 395. The SMILES string of the molecule is CN(N)C1CCC(C(=O)Nc2ccncc2)CC1.[Cl-].[Cl-]. The highest BCUT2D eigenvalue weighted by Gasteiger charge is 2.27. The van der Waals surface area contributed by atoms with E-state index >= 15 is 0 Å². The molecule has 1 heterocycles. The molecule has 7 heteroatoms. The monoisotopic (exact) mass is 318 g/mol. The molecule has 20 heavy (non-hydrogen) atoms. The molecule has 114 valence electrons. The summed E-state index contributed by atoms with van der Waals surface area (Å²) in [5.74, 6) is 5.95.